The van der Waals surface area contributed by atoms with Crippen molar-refractivity contribution < 1.29 is 13.2 Å². The maximum atomic E-state index is 12.7. The summed E-state index contributed by atoms with van der Waals surface area (Å²) < 4.78 is 26.1. The van der Waals surface area contributed by atoms with Crippen LogP contribution in [0.15, 0.2) is 48.5 Å². The molecule has 0 aliphatic rings. The lowest BCUT2D eigenvalue weighted by Gasteiger charge is -2.23. The van der Waals surface area contributed by atoms with Crippen LogP contribution >= 0.6 is 11.6 Å². The Balaban J connectivity index is 1.82. The first-order chi connectivity index (χ1) is 14.9. The first-order valence-corrected chi connectivity index (χ1v) is 12.3. The van der Waals surface area contributed by atoms with Gasteiger partial charge in [0.25, 0.3) is 5.91 Å². The van der Waals surface area contributed by atoms with Crippen LogP contribution in [0, 0.1) is 6.92 Å². The minimum Gasteiger partial charge on any atom is -0.305 e. The SMILES string of the molecule is Cc1c(NC(=O)c2ccc(N(Cc3ccccc3Cl)S(C)(=O)=O)cc2)n[nH]c1C(C)(C)C. The van der Waals surface area contributed by atoms with Gasteiger partial charge in [-0.25, -0.2) is 8.42 Å². The van der Waals surface area contributed by atoms with E-state index in [2.05, 4.69) is 36.3 Å². The van der Waals surface area contributed by atoms with Crippen LogP contribution in [-0.2, 0) is 22.0 Å². The van der Waals surface area contributed by atoms with Crippen LogP contribution in [0.2, 0.25) is 5.02 Å². The minimum atomic E-state index is -3.57. The van der Waals surface area contributed by atoms with Gasteiger partial charge in [0.15, 0.2) is 5.82 Å². The number of nitrogens with zero attached hydrogens (tertiary/aromatic N) is 2. The molecule has 1 amide bonds. The summed E-state index contributed by atoms with van der Waals surface area (Å²) in [7, 11) is -3.57. The van der Waals surface area contributed by atoms with Crippen LogP contribution in [0.1, 0.15) is 48.0 Å². The van der Waals surface area contributed by atoms with E-state index in [-0.39, 0.29) is 17.9 Å². The van der Waals surface area contributed by atoms with E-state index in [0.717, 1.165) is 17.5 Å². The first-order valence-electron chi connectivity index (χ1n) is 10.1. The van der Waals surface area contributed by atoms with Crippen molar-refractivity contribution >= 4 is 39.0 Å². The lowest BCUT2D eigenvalue weighted by Crippen LogP contribution is -2.29. The predicted molar refractivity (Wildman–Crippen MR) is 129 cm³/mol. The molecular formula is C23H27ClN4O3S. The van der Waals surface area contributed by atoms with Gasteiger partial charge in [0.2, 0.25) is 10.0 Å². The monoisotopic (exact) mass is 474 g/mol. The molecule has 0 aliphatic heterocycles. The van der Waals surface area contributed by atoms with Gasteiger partial charge >= 0.3 is 0 Å². The van der Waals surface area contributed by atoms with Crippen molar-refractivity contribution in [3.8, 4) is 0 Å². The van der Waals surface area contributed by atoms with Gasteiger partial charge in [-0.2, -0.15) is 5.10 Å². The molecule has 0 bridgehead atoms. The molecule has 0 atom stereocenters. The van der Waals surface area contributed by atoms with Crippen molar-refractivity contribution in [1.29, 1.82) is 0 Å². The number of anilines is 2. The number of H-pyrrole nitrogens is 1. The largest absolute Gasteiger partial charge is 0.305 e. The number of amides is 1. The summed E-state index contributed by atoms with van der Waals surface area (Å²) in [6.45, 7) is 8.18. The zero-order valence-corrected chi connectivity index (χ0v) is 20.3. The topological polar surface area (TPSA) is 95.2 Å². The van der Waals surface area contributed by atoms with E-state index in [0.29, 0.717) is 27.7 Å². The Morgan fingerprint density at radius 1 is 1.12 bits per heavy atom. The van der Waals surface area contributed by atoms with Crippen molar-refractivity contribution in [1.82, 2.24) is 10.2 Å². The lowest BCUT2D eigenvalue weighted by molar-refractivity contribution is 0.102. The summed E-state index contributed by atoms with van der Waals surface area (Å²) >= 11 is 6.21. The molecular weight excluding hydrogens is 448 g/mol. The average molecular weight is 475 g/mol. The van der Waals surface area contributed by atoms with E-state index in [1.54, 1.807) is 48.5 Å². The number of carbonyl (C=O) groups excluding carboxylic acids is 1. The maximum absolute atomic E-state index is 12.7. The predicted octanol–water partition coefficient (Wildman–Crippen LogP) is 4.89. The molecule has 2 N–H and O–H groups in total. The zero-order valence-electron chi connectivity index (χ0n) is 18.7. The molecule has 3 rings (SSSR count). The van der Waals surface area contributed by atoms with Crippen molar-refractivity contribution in [2.75, 3.05) is 15.9 Å². The Morgan fingerprint density at radius 3 is 2.28 bits per heavy atom. The number of rotatable bonds is 6. The maximum Gasteiger partial charge on any atom is 0.256 e. The summed E-state index contributed by atoms with van der Waals surface area (Å²) in [4.78, 5) is 12.7. The molecule has 0 radical (unpaired) electrons. The fraction of sp³-hybridized carbons (Fsp3) is 0.304. The Labute approximate surface area is 193 Å². The smallest absolute Gasteiger partial charge is 0.256 e. The van der Waals surface area contributed by atoms with E-state index in [4.69, 9.17) is 11.6 Å². The van der Waals surface area contributed by atoms with Crippen LogP contribution in [0.4, 0.5) is 11.5 Å². The third-order valence-electron chi connectivity index (χ3n) is 5.08. The van der Waals surface area contributed by atoms with Crippen molar-refractivity contribution in [2.45, 2.75) is 39.7 Å². The minimum absolute atomic E-state index is 0.0894. The third kappa shape index (κ3) is 5.31. The van der Waals surface area contributed by atoms with Crippen molar-refractivity contribution in [3.05, 3.63) is 75.9 Å². The molecule has 2 aromatic carbocycles. The third-order valence-corrected chi connectivity index (χ3v) is 6.59. The number of hydrogen-bond donors (Lipinski definition) is 2. The van der Waals surface area contributed by atoms with Crippen LogP contribution in [0.3, 0.4) is 0 Å². The molecule has 0 spiro atoms. The standard InChI is InChI=1S/C23H27ClN4O3S/c1-15-20(23(2,3)4)26-27-21(15)25-22(29)16-10-12-18(13-11-16)28(32(5,30)31)14-17-8-6-7-9-19(17)24/h6-13H,14H2,1-5H3,(H2,25,26,27,29). The molecule has 0 fully saturated rings. The number of hydrogen-bond acceptors (Lipinski definition) is 4. The molecule has 0 aliphatic carbocycles. The Bertz CT molecular complexity index is 1230. The Hall–Kier alpha value is -2.84. The normalized spacial score (nSPS) is 11.9. The molecule has 7 nitrogen and oxygen atoms in total. The summed E-state index contributed by atoms with van der Waals surface area (Å²) in [6, 6.07) is 13.5. The van der Waals surface area contributed by atoms with E-state index in [1.165, 1.54) is 4.31 Å². The Kier molecular flexibility index (Phi) is 6.67. The van der Waals surface area contributed by atoms with Crippen LogP contribution in [0.5, 0.6) is 0 Å². The highest BCUT2D eigenvalue weighted by molar-refractivity contribution is 7.92. The second-order valence-electron chi connectivity index (χ2n) is 8.68. The van der Waals surface area contributed by atoms with Gasteiger partial charge in [-0.15, -0.1) is 0 Å². The quantitative estimate of drug-likeness (QED) is 0.531. The van der Waals surface area contributed by atoms with Gasteiger partial charge in [-0.1, -0.05) is 50.6 Å². The van der Waals surface area contributed by atoms with E-state index < -0.39 is 10.0 Å². The number of carbonyl (C=O) groups is 1. The number of aromatic amines is 1. The molecule has 1 aromatic heterocycles. The van der Waals surface area contributed by atoms with Crippen LogP contribution in [-0.4, -0.2) is 30.8 Å². The number of nitrogens with one attached hydrogen (secondary N) is 2. The fourth-order valence-corrected chi connectivity index (χ4v) is 4.46. The summed E-state index contributed by atoms with van der Waals surface area (Å²) in [5, 5.41) is 10.5. The van der Waals surface area contributed by atoms with E-state index >= 15 is 0 Å². The number of sulfonamides is 1. The summed E-state index contributed by atoms with van der Waals surface area (Å²) in [5.41, 5.74) is 3.22. The molecule has 170 valence electrons. The molecule has 0 saturated carbocycles. The number of benzene rings is 2. The highest BCUT2D eigenvalue weighted by Gasteiger charge is 2.23. The molecule has 9 heteroatoms. The van der Waals surface area contributed by atoms with E-state index in [9.17, 15) is 13.2 Å². The number of halogens is 1. The fourth-order valence-electron chi connectivity index (χ4n) is 3.39. The van der Waals surface area contributed by atoms with Crippen molar-refractivity contribution in [3.63, 3.8) is 0 Å². The molecule has 0 unspecified atom stereocenters. The van der Waals surface area contributed by atoms with Gasteiger partial charge in [0.1, 0.15) is 0 Å². The molecule has 3 aromatic rings. The van der Waals surface area contributed by atoms with Gasteiger partial charge in [0.05, 0.1) is 18.5 Å². The second kappa shape index (κ2) is 8.96. The summed E-state index contributed by atoms with van der Waals surface area (Å²) in [6.07, 6.45) is 1.14. The Morgan fingerprint density at radius 2 is 1.75 bits per heavy atom. The first kappa shape index (κ1) is 23.8. The lowest BCUT2D eigenvalue weighted by atomic mass is 9.90. The average Bonchev–Trinajstić information content (AvgIpc) is 3.07. The van der Waals surface area contributed by atoms with E-state index in [1.807, 2.05) is 6.92 Å². The molecule has 32 heavy (non-hydrogen) atoms. The second-order valence-corrected chi connectivity index (χ2v) is 11.0. The van der Waals surface area contributed by atoms with Gasteiger partial charge < -0.3 is 5.32 Å². The molecule has 0 saturated heterocycles. The number of aromatic nitrogens is 2. The zero-order chi connectivity index (χ0) is 23.7. The van der Waals surface area contributed by atoms with Crippen LogP contribution in [0.25, 0.3) is 0 Å². The molecule has 1 heterocycles. The van der Waals surface area contributed by atoms with Gasteiger partial charge in [0, 0.05) is 27.3 Å². The van der Waals surface area contributed by atoms with Crippen LogP contribution < -0.4 is 9.62 Å². The summed E-state index contributed by atoms with van der Waals surface area (Å²) in [5.74, 6) is 0.143. The highest BCUT2D eigenvalue weighted by atomic mass is 35.5. The van der Waals surface area contributed by atoms with Crippen molar-refractivity contribution in [2.24, 2.45) is 0 Å². The van der Waals surface area contributed by atoms with Gasteiger partial charge in [-0.05, 0) is 42.8 Å². The van der Waals surface area contributed by atoms with Gasteiger partial charge in [-0.3, -0.25) is 14.2 Å². The highest BCUT2D eigenvalue weighted by Crippen LogP contribution is 2.28.